The third-order valence-electron chi connectivity index (χ3n) is 8.92. The van der Waals surface area contributed by atoms with E-state index in [9.17, 15) is 9.90 Å². The molecular weight excluding hydrogens is 552 g/mol. The van der Waals surface area contributed by atoms with E-state index in [0.717, 1.165) is 64.2 Å². The van der Waals surface area contributed by atoms with Crippen molar-refractivity contribution in [2.24, 2.45) is 28.1 Å². The van der Waals surface area contributed by atoms with Crippen molar-refractivity contribution in [1.29, 1.82) is 0 Å². The average Bonchev–Trinajstić information content (AvgIpc) is 3.51. The summed E-state index contributed by atoms with van der Waals surface area (Å²) in [6, 6.07) is 16.8. The number of aliphatic hydroxyl groups excluding tert-OH is 1. The zero-order valence-corrected chi connectivity index (χ0v) is 25.7. The lowest BCUT2D eigenvalue weighted by Gasteiger charge is -2.39. The van der Waals surface area contributed by atoms with E-state index in [1.165, 1.54) is 28.0 Å². The van der Waals surface area contributed by atoms with Crippen molar-refractivity contribution in [2.75, 3.05) is 13.2 Å². The van der Waals surface area contributed by atoms with Gasteiger partial charge in [-0.25, -0.2) is 9.79 Å². The van der Waals surface area contributed by atoms with Crippen molar-refractivity contribution in [1.82, 2.24) is 4.98 Å². The molecule has 1 aliphatic carbocycles. The number of carbonyl (C=O) groups is 1. The van der Waals surface area contributed by atoms with Gasteiger partial charge in [0.25, 0.3) is 0 Å². The molecule has 0 bridgehead atoms. The number of carboxylic acids is 1. The summed E-state index contributed by atoms with van der Waals surface area (Å²) in [5, 5.41) is 26.2. The number of benzene rings is 2. The largest absolute Gasteiger partial charge is 0.478 e. The summed E-state index contributed by atoms with van der Waals surface area (Å²) in [5.74, 6) is 0.162. The average molecular weight is 602 g/mol. The molecule has 44 heavy (non-hydrogen) atoms. The van der Waals surface area contributed by atoms with Gasteiger partial charge < -0.3 is 37.7 Å². The lowest BCUT2D eigenvalue weighted by atomic mass is 9.69. The summed E-state index contributed by atoms with van der Waals surface area (Å²) in [6.45, 7) is 0.335. The number of aromatic nitrogens is 1. The van der Waals surface area contributed by atoms with Crippen LogP contribution < -0.4 is 17.2 Å². The number of nitrogens with zero attached hydrogens (tertiary/aromatic N) is 2. The molecule has 0 saturated heterocycles. The van der Waals surface area contributed by atoms with Crippen LogP contribution in [0.1, 0.15) is 81.3 Å². The van der Waals surface area contributed by atoms with Crippen LogP contribution in [0.15, 0.2) is 71.4 Å². The molecule has 9 heteroatoms. The molecule has 3 aromatic rings. The molecule has 0 fully saturated rings. The first-order chi connectivity index (χ1) is 21.3. The number of H-pyrrole nitrogens is 1. The highest BCUT2D eigenvalue weighted by molar-refractivity contribution is 5.84. The molecule has 238 valence electrons. The highest BCUT2D eigenvalue weighted by atomic mass is 16.4. The van der Waals surface area contributed by atoms with Gasteiger partial charge in [0.05, 0.1) is 6.54 Å². The number of fused-ring (bicyclic) bond motifs is 2. The third kappa shape index (κ3) is 9.86. The number of nitrogens with one attached hydrogen (secondary N) is 1. The maximum Gasteiger partial charge on any atom is 0.328 e. The summed E-state index contributed by atoms with van der Waals surface area (Å²) >= 11 is 0. The van der Waals surface area contributed by atoms with Gasteiger partial charge in [0, 0.05) is 18.7 Å². The van der Waals surface area contributed by atoms with Crippen LogP contribution in [0.25, 0.3) is 16.1 Å². The second-order valence-electron chi connectivity index (χ2n) is 12.2. The number of hydrogen-bond donors (Lipinski definition) is 6. The van der Waals surface area contributed by atoms with Gasteiger partial charge in [-0.1, -0.05) is 86.2 Å². The van der Waals surface area contributed by atoms with Crippen molar-refractivity contribution in [3.05, 3.63) is 82.8 Å². The minimum Gasteiger partial charge on any atom is -0.478 e. The second kappa shape index (κ2) is 16.9. The fraction of sp³-hybridized carbons (Fsp3) is 0.486. The van der Waals surface area contributed by atoms with E-state index in [0.29, 0.717) is 29.6 Å². The maximum absolute atomic E-state index is 11.9. The van der Waals surface area contributed by atoms with Gasteiger partial charge in [-0.2, -0.15) is 0 Å². The van der Waals surface area contributed by atoms with Gasteiger partial charge in [0.1, 0.15) is 0 Å². The molecule has 0 radical (unpaired) electrons. The number of aliphatic hydroxyl groups is 1. The lowest BCUT2D eigenvalue weighted by Crippen LogP contribution is -2.28. The van der Waals surface area contributed by atoms with Gasteiger partial charge in [-0.15, -0.1) is 0 Å². The molecule has 0 spiro atoms. The first-order valence-electron chi connectivity index (χ1n) is 16.0. The molecule has 1 heterocycles. The molecule has 4 unspecified atom stereocenters. The molecule has 0 amide bonds. The Morgan fingerprint density at radius 1 is 1.05 bits per heavy atom. The Morgan fingerprint density at radius 3 is 2.50 bits per heavy atom. The Labute approximate surface area is 261 Å². The number of guanidine groups is 1. The summed E-state index contributed by atoms with van der Waals surface area (Å²) in [7, 11) is 0. The summed E-state index contributed by atoms with van der Waals surface area (Å²) in [6.07, 6.45) is 13.8. The van der Waals surface area contributed by atoms with Crippen LogP contribution in [0.2, 0.25) is 0 Å². The molecule has 0 aliphatic heterocycles. The van der Waals surface area contributed by atoms with Crippen LogP contribution in [0.5, 0.6) is 0 Å². The highest BCUT2D eigenvalue weighted by Crippen LogP contribution is 2.45. The zero-order chi connectivity index (χ0) is 31.3. The number of aliphatic imine (C=N–C) groups is 1. The van der Waals surface area contributed by atoms with E-state index >= 15 is 0 Å². The number of nitrogens with two attached hydrogens (primary N) is 3. The van der Waals surface area contributed by atoms with Crippen molar-refractivity contribution in [3.63, 3.8) is 0 Å². The van der Waals surface area contributed by atoms with E-state index < -0.39 is 12.0 Å². The van der Waals surface area contributed by atoms with Crippen LogP contribution in [-0.2, 0) is 11.2 Å². The molecule has 1 aromatic heterocycles. The number of unbranched alkanes of at least 4 members (excludes halogenated alkanes) is 3. The number of rotatable bonds is 18. The van der Waals surface area contributed by atoms with Crippen LogP contribution in [0.3, 0.4) is 0 Å². The van der Waals surface area contributed by atoms with Crippen molar-refractivity contribution >= 4 is 28.5 Å². The third-order valence-corrected chi connectivity index (χ3v) is 8.92. The molecule has 0 saturated carbocycles. The first kappa shape index (κ1) is 33.1. The molecule has 4 rings (SSSR count). The van der Waals surface area contributed by atoms with Crippen LogP contribution >= 0.6 is 0 Å². The van der Waals surface area contributed by atoms with Crippen LogP contribution in [0, 0.1) is 5.92 Å². The number of aromatic amines is 1. The van der Waals surface area contributed by atoms with Crippen molar-refractivity contribution in [2.45, 2.75) is 88.6 Å². The first-order valence-corrected chi connectivity index (χ1v) is 16.0. The number of aryl methyl sites for hydroxylation is 1. The summed E-state index contributed by atoms with van der Waals surface area (Å²) in [5.41, 5.74) is 21.2. The fourth-order valence-electron chi connectivity index (χ4n) is 6.68. The Kier molecular flexibility index (Phi) is 12.7. The Bertz CT molecular complexity index is 1380. The van der Waals surface area contributed by atoms with E-state index in [-0.39, 0.29) is 25.2 Å². The van der Waals surface area contributed by atoms with E-state index in [2.05, 4.69) is 46.4 Å². The van der Waals surface area contributed by atoms with Gasteiger partial charge in [-0.05, 0) is 90.3 Å². The van der Waals surface area contributed by atoms with Gasteiger partial charge in [0.15, 0.2) is 5.96 Å². The highest BCUT2D eigenvalue weighted by Gasteiger charge is 2.32. The van der Waals surface area contributed by atoms with Crippen LogP contribution in [0.4, 0.5) is 5.82 Å². The standard InChI is InChI=1S/C35H49N6O3/c36-29(11-3-1-2-6-18-42)12-7-13-30-27(16-15-26-19-24-9-4-5-10-25(24)20-31(26)30)21-32(41-33-14-8-17-39-33)28(22-34(43)44)23-40-35(37)38/h4-5,8-10,14,17,19-20,22,27,29-30,32,39,42H,1-3,6-7,11-13,15-16,18,21,23,36H2,(H,43,44)(H4,37,38,40)/q-1. The Morgan fingerprint density at radius 2 is 1.80 bits per heavy atom. The molecule has 9 nitrogen and oxygen atoms in total. The van der Waals surface area contributed by atoms with Crippen LogP contribution in [-0.4, -0.2) is 52.4 Å². The second-order valence-corrected chi connectivity index (χ2v) is 12.2. The van der Waals surface area contributed by atoms with Gasteiger partial charge >= 0.3 is 5.97 Å². The van der Waals surface area contributed by atoms with E-state index in [1.807, 2.05) is 18.3 Å². The predicted octanol–water partition coefficient (Wildman–Crippen LogP) is 6.00. The molecule has 1 aliphatic rings. The van der Waals surface area contributed by atoms with Crippen molar-refractivity contribution in [3.8, 4) is 0 Å². The van der Waals surface area contributed by atoms with Crippen molar-refractivity contribution < 1.29 is 15.0 Å². The van der Waals surface area contributed by atoms with Gasteiger partial charge in [-0.3, -0.25) is 0 Å². The zero-order valence-electron chi connectivity index (χ0n) is 25.7. The maximum atomic E-state index is 11.9. The number of aliphatic carboxylic acids is 1. The molecule has 4 atom stereocenters. The SMILES string of the molecule is NC(N)=NCC(=CC(=O)O)C(CC1CCc2cc3ccccc3cc2C1CCCC(N)CCCCCCO)[N-]c1ccc[nH]1. The van der Waals surface area contributed by atoms with E-state index in [1.54, 1.807) is 0 Å². The molecule has 2 aromatic carbocycles. The molecular formula is C35H49N6O3-. The fourth-order valence-corrected chi connectivity index (χ4v) is 6.68. The minimum absolute atomic E-state index is 0.0786. The van der Waals surface area contributed by atoms with Gasteiger partial charge in [0.2, 0.25) is 0 Å². The lowest BCUT2D eigenvalue weighted by molar-refractivity contribution is -0.131. The number of carboxylic acid groups (broad SMARTS) is 1. The smallest absolute Gasteiger partial charge is 0.328 e. The monoisotopic (exact) mass is 601 g/mol. The Hall–Kier alpha value is -3.82. The quantitative estimate of drug-likeness (QED) is 0.0450. The van der Waals surface area contributed by atoms with E-state index in [4.69, 9.17) is 27.6 Å². The summed E-state index contributed by atoms with van der Waals surface area (Å²) in [4.78, 5) is 19.2. The summed E-state index contributed by atoms with van der Waals surface area (Å²) < 4.78 is 0. The minimum atomic E-state index is -1.04. The molecule has 9 N–H and O–H groups in total. The topological polar surface area (TPSA) is 178 Å². The normalized spacial score (nSPS) is 18.0. The Balaban J connectivity index is 1.58. The number of hydrogen-bond acceptors (Lipinski definition) is 4. The predicted molar refractivity (Wildman–Crippen MR) is 179 cm³/mol.